The van der Waals surface area contributed by atoms with Crippen LogP contribution in [0.25, 0.3) is 0 Å². The molecule has 2 amide bonds. The Balaban J connectivity index is 3.84. The van der Waals surface area contributed by atoms with Crippen LogP contribution in [0.2, 0.25) is 0 Å². The van der Waals surface area contributed by atoms with Crippen LogP contribution in [0.1, 0.15) is 39.0 Å². The summed E-state index contributed by atoms with van der Waals surface area (Å²) in [5, 5.41) is 20.1. The number of amides is 2. The molecule has 0 heterocycles. The normalized spacial score (nSPS) is 11.9. The molecular formula is C13H26N2O4. The molecule has 0 bridgehead atoms. The SMILES string of the molecule is CCC(CNC(=O)N(C)CCCCCO)CC(=O)O. The maximum Gasteiger partial charge on any atom is 0.317 e. The van der Waals surface area contributed by atoms with E-state index >= 15 is 0 Å². The van der Waals surface area contributed by atoms with Crippen LogP contribution in [0.4, 0.5) is 4.79 Å². The number of hydrogen-bond acceptors (Lipinski definition) is 3. The molecule has 0 aromatic heterocycles. The Morgan fingerprint density at radius 2 is 1.95 bits per heavy atom. The van der Waals surface area contributed by atoms with Crippen LogP contribution in [0.15, 0.2) is 0 Å². The number of nitrogens with one attached hydrogen (secondary N) is 1. The molecule has 0 saturated carbocycles. The van der Waals surface area contributed by atoms with Gasteiger partial charge in [-0.15, -0.1) is 0 Å². The summed E-state index contributed by atoms with van der Waals surface area (Å²) < 4.78 is 0. The van der Waals surface area contributed by atoms with Crippen molar-refractivity contribution in [3.05, 3.63) is 0 Å². The average Bonchev–Trinajstić information content (AvgIpc) is 2.38. The largest absolute Gasteiger partial charge is 0.481 e. The van der Waals surface area contributed by atoms with Crippen LogP contribution in [0, 0.1) is 5.92 Å². The van der Waals surface area contributed by atoms with Crippen molar-refractivity contribution in [1.29, 1.82) is 0 Å². The summed E-state index contributed by atoms with van der Waals surface area (Å²) in [5.74, 6) is -0.859. The molecule has 19 heavy (non-hydrogen) atoms. The predicted molar refractivity (Wildman–Crippen MR) is 73.0 cm³/mol. The van der Waals surface area contributed by atoms with E-state index in [4.69, 9.17) is 10.2 Å². The Morgan fingerprint density at radius 1 is 1.26 bits per heavy atom. The molecule has 0 fully saturated rings. The lowest BCUT2D eigenvalue weighted by Gasteiger charge is -2.20. The number of aliphatic hydroxyl groups is 1. The number of carbonyl (C=O) groups is 2. The Bertz CT molecular complexity index is 271. The molecule has 6 heteroatoms. The van der Waals surface area contributed by atoms with E-state index in [9.17, 15) is 9.59 Å². The smallest absolute Gasteiger partial charge is 0.317 e. The number of rotatable bonds is 10. The lowest BCUT2D eigenvalue weighted by molar-refractivity contribution is -0.138. The Labute approximate surface area is 114 Å². The summed E-state index contributed by atoms with van der Waals surface area (Å²) in [6.07, 6.45) is 3.32. The first kappa shape index (κ1) is 17.7. The Hall–Kier alpha value is -1.30. The molecule has 0 aliphatic heterocycles. The zero-order valence-corrected chi connectivity index (χ0v) is 11.9. The van der Waals surface area contributed by atoms with Gasteiger partial charge in [0.05, 0.1) is 0 Å². The van der Waals surface area contributed by atoms with Crippen molar-refractivity contribution in [1.82, 2.24) is 10.2 Å². The van der Waals surface area contributed by atoms with E-state index in [1.165, 1.54) is 0 Å². The quantitative estimate of drug-likeness (QED) is 0.524. The minimum atomic E-state index is -0.835. The van der Waals surface area contributed by atoms with Crippen LogP contribution in [0.5, 0.6) is 0 Å². The molecule has 0 aliphatic rings. The first-order valence-electron chi connectivity index (χ1n) is 6.82. The van der Waals surface area contributed by atoms with Crippen LogP contribution < -0.4 is 5.32 Å². The van der Waals surface area contributed by atoms with Crippen LogP contribution in [-0.4, -0.2) is 53.9 Å². The third-order valence-corrected chi connectivity index (χ3v) is 3.08. The molecule has 0 aliphatic carbocycles. The van der Waals surface area contributed by atoms with Gasteiger partial charge in [-0.25, -0.2) is 4.79 Å². The number of unbranched alkanes of at least 4 members (excludes halogenated alkanes) is 2. The first-order chi connectivity index (χ1) is 9.01. The van der Waals surface area contributed by atoms with Gasteiger partial charge in [-0.05, 0) is 25.2 Å². The van der Waals surface area contributed by atoms with Gasteiger partial charge in [-0.1, -0.05) is 13.3 Å². The standard InChI is InChI=1S/C13H26N2O4/c1-3-11(9-12(17)18)10-14-13(19)15(2)7-5-4-6-8-16/h11,16H,3-10H2,1-2H3,(H,14,19)(H,17,18). The highest BCUT2D eigenvalue weighted by molar-refractivity contribution is 5.74. The summed E-state index contributed by atoms with van der Waals surface area (Å²) in [6, 6.07) is -0.173. The number of carboxylic acid groups (broad SMARTS) is 1. The first-order valence-corrected chi connectivity index (χ1v) is 6.82. The highest BCUT2D eigenvalue weighted by Crippen LogP contribution is 2.06. The molecule has 3 N–H and O–H groups in total. The highest BCUT2D eigenvalue weighted by Gasteiger charge is 2.14. The van der Waals surface area contributed by atoms with Gasteiger partial charge in [0.15, 0.2) is 0 Å². The summed E-state index contributed by atoms with van der Waals surface area (Å²) in [6.45, 7) is 3.13. The summed E-state index contributed by atoms with van der Waals surface area (Å²) in [7, 11) is 1.71. The highest BCUT2D eigenvalue weighted by atomic mass is 16.4. The molecular weight excluding hydrogens is 248 g/mol. The molecule has 1 unspecified atom stereocenters. The van der Waals surface area contributed by atoms with Crippen LogP contribution in [0.3, 0.4) is 0 Å². The van der Waals surface area contributed by atoms with Crippen molar-refractivity contribution in [3.8, 4) is 0 Å². The summed E-state index contributed by atoms with van der Waals surface area (Å²) >= 11 is 0. The van der Waals surface area contributed by atoms with E-state index in [1.807, 2.05) is 6.92 Å². The molecule has 0 aromatic carbocycles. The second kappa shape index (κ2) is 10.6. The molecule has 0 radical (unpaired) electrons. The van der Waals surface area contributed by atoms with E-state index < -0.39 is 5.97 Å². The topological polar surface area (TPSA) is 89.9 Å². The van der Waals surface area contributed by atoms with Crippen molar-refractivity contribution in [2.75, 3.05) is 26.7 Å². The minimum Gasteiger partial charge on any atom is -0.481 e. The second-order valence-corrected chi connectivity index (χ2v) is 4.76. The maximum atomic E-state index is 11.7. The van der Waals surface area contributed by atoms with E-state index in [1.54, 1.807) is 11.9 Å². The van der Waals surface area contributed by atoms with Crippen LogP contribution >= 0.6 is 0 Å². The molecule has 0 spiro atoms. The van der Waals surface area contributed by atoms with Gasteiger partial charge in [0, 0.05) is 33.2 Å². The fourth-order valence-electron chi connectivity index (χ4n) is 1.71. The number of aliphatic hydroxyl groups excluding tert-OH is 1. The third kappa shape index (κ3) is 9.30. The molecule has 1 atom stereocenters. The molecule has 0 aromatic rings. The monoisotopic (exact) mass is 274 g/mol. The van der Waals surface area contributed by atoms with E-state index in [0.717, 1.165) is 25.7 Å². The molecule has 112 valence electrons. The zero-order chi connectivity index (χ0) is 14.7. The Kier molecular flexibility index (Phi) is 9.88. The van der Waals surface area contributed by atoms with Gasteiger partial charge in [0.2, 0.25) is 0 Å². The van der Waals surface area contributed by atoms with Gasteiger partial charge >= 0.3 is 12.0 Å². The van der Waals surface area contributed by atoms with Crippen molar-refractivity contribution < 1.29 is 19.8 Å². The number of nitrogens with zero attached hydrogens (tertiary/aromatic N) is 1. The molecule has 6 nitrogen and oxygen atoms in total. The number of hydrogen-bond donors (Lipinski definition) is 3. The van der Waals surface area contributed by atoms with Gasteiger partial charge in [-0.2, -0.15) is 0 Å². The second-order valence-electron chi connectivity index (χ2n) is 4.76. The van der Waals surface area contributed by atoms with Crippen LogP contribution in [-0.2, 0) is 4.79 Å². The Morgan fingerprint density at radius 3 is 2.47 bits per heavy atom. The number of urea groups is 1. The average molecular weight is 274 g/mol. The van der Waals surface area contributed by atoms with Crippen molar-refractivity contribution in [3.63, 3.8) is 0 Å². The number of aliphatic carboxylic acids is 1. The lowest BCUT2D eigenvalue weighted by Crippen LogP contribution is -2.40. The number of carboxylic acids is 1. The predicted octanol–water partition coefficient (Wildman–Crippen LogP) is 1.29. The van der Waals surface area contributed by atoms with Crippen molar-refractivity contribution in [2.24, 2.45) is 5.92 Å². The lowest BCUT2D eigenvalue weighted by atomic mass is 10.0. The van der Waals surface area contributed by atoms with Gasteiger partial charge < -0.3 is 20.4 Å². The van der Waals surface area contributed by atoms with Gasteiger partial charge in [0.25, 0.3) is 0 Å². The van der Waals surface area contributed by atoms with Crippen molar-refractivity contribution >= 4 is 12.0 Å². The van der Waals surface area contributed by atoms with Crippen molar-refractivity contribution in [2.45, 2.75) is 39.0 Å². The van der Waals surface area contributed by atoms with Gasteiger partial charge in [-0.3, -0.25) is 4.79 Å². The fourth-order valence-corrected chi connectivity index (χ4v) is 1.71. The fraction of sp³-hybridized carbons (Fsp3) is 0.846. The summed E-state index contributed by atoms with van der Waals surface area (Å²) in [5.41, 5.74) is 0. The molecule has 0 rings (SSSR count). The zero-order valence-electron chi connectivity index (χ0n) is 11.9. The third-order valence-electron chi connectivity index (χ3n) is 3.08. The minimum absolute atomic E-state index is 0.0239. The van der Waals surface area contributed by atoms with Gasteiger partial charge in [0.1, 0.15) is 0 Å². The van der Waals surface area contributed by atoms with E-state index in [-0.39, 0.29) is 25.0 Å². The van der Waals surface area contributed by atoms with E-state index in [0.29, 0.717) is 13.1 Å². The summed E-state index contributed by atoms with van der Waals surface area (Å²) in [4.78, 5) is 23.9. The molecule has 0 saturated heterocycles. The van der Waals surface area contributed by atoms with E-state index in [2.05, 4.69) is 5.32 Å². The number of carbonyl (C=O) groups excluding carboxylic acids is 1. The maximum absolute atomic E-state index is 11.7.